The van der Waals surface area contributed by atoms with Crippen LogP contribution in [-0.2, 0) is 15.1 Å². The second-order valence-electron chi connectivity index (χ2n) is 3.71. The summed E-state index contributed by atoms with van der Waals surface area (Å²) < 4.78 is 22.3. The number of sulfonamides is 1. The van der Waals surface area contributed by atoms with Crippen molar-refractivity contribution in [3.8, 4) is 5.75 Å². The van der Waals surface area contributed by atoms with Crippen LogP contribution < -0.4 is 5.14 Å². The molecule has 1 radical (unpaired) electrons. The lowest BCUT2D eigenvalue weighted by Crippen LogP contribution is -2.11. The number of hydrogen-bond acceptors (Lipinski definition) is 3. The Morgan fingerprint density at radius 1 is 1.11 bits per heavy atom. The Morgan fingerprint density at radius 3 is 2.33 bits per heavy atom. The van der Waals surface area contributed by atoms with Crippen molar-refractivity contribution in [2.75, 3.05) is 0 Å². The molecule has 0 atom stereocenters. The minimum Gasteiger partial charge on any atom is -0.478 e. The molecule has 18 heavy (non-hydrogen) atoms. The van der Waals surface area contributed by atoms with Gasteiger partial charge in [-0.25, -0.2) is 18.4 Å². The molecule has 0 bridgehead atoms. The first kappa shape index (κ1) is 12.3. The van der Waals surface area contributed by atoms with Crippen LogP contribution >= 0.6 is 0 Å². The summed E-state index contributed by atoms with van der Waals surface area (Å²) in [6.45, 7) is 0. The zero-order valence-corrected chi connectivity index (χ0v) is 9.77. The Bertz CT molecular complexity index is 751. The van der Waals surface area contributed by atoms with Gasteiger partial charge in [0, 0.05) is 0 Å². The highest BCUT2D eigenvalue weighted by atomic mass is 32.2. The number of fused-ring (bicyclic) bond motifs is 1. The van der Waals surface area contributed by atoms with E-state index in [1.807, 2.05) is 0 Å². The number of carboxylic acid groups (broad SMARTS) is 1. The van der Waals surface area contributed by atoms with Crippen molar-refractivity contribution in [2.45, 2.75) is 4.90 Å². The number of benzene rings is 2. The second kappa shape index (κ2) is 3.97. The Balaban J connectivity index is 2.74. The molecule has 0 spiro atoms. The third-order valence-electron chi connectivity index (χ3n) is 2.47. The quantitative estimate of drug-likeness (QED) is 0.852. The highest BCUT2D eigenvalue weighted by Gasteiger charge is 2.14. The summed E-state index contributed by atoms with van der Waals surface area (Å²) in [6, 6.07) is 6.17. The first-order valence-electron chi connectivity index (χ1n) is 4.80. The maximum Gasteiger partial charge on any atom is 0.339 e. The molecule has 0 fully saturated rings. The lowest BCUT2D eigenvalue weighted by atomic mass is 10.1. The van der Waals surface area contributed by atoms with Gasteiger partial charge in [-0.1, -0.05) is 6.07 Å². The SMILES string of the molecule is NS(=O)(=O)c1ccc2cc(C(=O)O)c([O])cc2c1. The molecule has 2 rings (SSSR count). The third-order valence-corrected chi connectivity index (χ3v) is 3.38. The number of primary sulfonamides is 1. The molecule has 0 heterocycles. The Morgan fingerprint density at radius 2 is 1.78 bits per heavy atom. The van der Waals surface area contributed by atoms with E-state index in [0.29, 0.717) is 10.8 Å². The molecular formula is C11H8NO5S. The van der Waals surface area contributed by atoms with Crippen LogP contribution in [0.4, 0.5) is 0 Å². The third kappa shape index (κ3) is 2.13. The van der Waals surface area contributed by atoms with Crippen molar-refractivity contribution >= 4 is 26.8 Å². The van der Waals surface area contributed by atoms with Gasteiger partial charge in [-0.15, -0.1) is 0 Å². The largest absolute Gasteiger partial charge is 0.478 e. The first-order valence-corrected chi connectivity index (χ1v) is 6.34. The molecule has 0 saturated carbocycles. The zero-order valence-electron chi connectivity index (χ0n) is 8.95. The van der Waals surface area contributed by atoms with E-state index in [2.05, 4.69) is 0 Å². The predicted octanol–water partition coefficient (Wildman–Crippen LogP) is 1.33. The van der Waals surface area contributed by atoms with E-state index >= 15 is 0 Å². The van der Waals surface area contributed by atoms with Crippen molar-refractivity contribution in [2.24, 2.45) is 5.14 Å². The van der Waals surface area contributed by atoms with Gasteiger partial charge in [0.1, 0.15) is 5.56 Å². The van der Waals surface area contributed by atoms with Crippen LogP contribution in [0.2, 0.25) is 0 Å². The number of nitrogens with two attached hydrogens (primary N) is 1. The minimum atomic E-state index is -3.85. The lowest BCUT2D eigenvalue weighted by molar-refractivity contribution is 0.0692. The Kier molecular flexibility index (Phi) is 2.72. The maximum absolute atomic E-state index is 11.5. The number of hydrogen-bond donors (Lipinski definition) is 2. The molecule has 93 valence electrons. The summed E-state index contributed by atoms with van der Waals surface area (Å²) in [6.07, 6.45) is 0. The maximum atomic E-state index is 11.5. The van der Waals surface area contributed by atoms with E-state index < -0.39 is 21.7 Å². The van der Waals surface area contributed by atoms with Gasteiger partial charge in [-0.3, -0.25) is 5.11 Å². The van der Waals surface area contributed by atoms with Gasteiger partial charge in [0.15, 0.2) is 5.75 Å². The monoisotopic (exact) mass is 266 g/mol. The number of carboxylic acids is 1. The Hall–Kier alpha value is -2.12. The van der Waals surface area contributed by atoms with E-state index in [4.69, 9.17) is 10.2 Å². The van der Waals surface area contributed by atoms with Gasteiger partial charge >= 0.3 is 5.97 Å². The molecule has 2 aromatic carbocycles. The second-order valence-corrected chi connectivity index (χ2v) is 5.27. The fourth-order valence-corrected chi connectivity index (χ4v) is 2.15. The Labute approximate surface area is 102 Å². The van der Waals surface area contributed by atoms with Crippen LogP contribution in [0.1, 0.15) is 10.4 Å². The molecule has 7 heteroatoms. The van der Waals surface area contributed by atoms with Crippen LogP contribution in [0.3, 0.4) is 0 Å². The molecular weight excluding hydrogens is 258 g/mol. The van der Waals surface area contributed by atoms with Gasteiger partial charge in [0.2, 0.25) is 10.0 Å². The average Bonchev–Trinajstić information content (AvgIpc) is 2.25. The molecule has 0 aliphatic rings. The summed E-state index contributed by atoms with van der Waals surface area (Å²) in [5, 5.41) is 26.0. The summed E-state index contributed by atoms with van der Waals surface area (Å²) in [4.78, 5) is 10.6. The molecule has 6 nitrogen and oxygen atoms in total. The van der Waals surface area contributed by atoms with Crippen LogP contribution in [0.15, 0.2) is 35.2 Å². The van der Waals surface area contributed by atoms with Crippen LogP contribution in [0.25, 0.3) is 10.8 Å². The van der Waals surface area contributed by atoms with E-state index in [1.54, 1.807) is 0 Å². The minimum absolute atomic E-state index is 0.127. The molecule has 3 N–H and O–H groups in total. The summed E-state index contributed by atoms with van der Waals surface area (Å²) in [7, 11) is -3.85. The van der Waals surface area contributed by atoms with Crippen LogP contribution in [0.5, 0.6) is 5.75 Å². The summed E-state index contributed by atoms with van der Waals surface area (Å²) in [5.74, 6) is -2.00. The van der Waals surface area contributed by atoms with Crippen molar-refractivity contribution in [3.63, 3.8) is 0 Å². The van der Waals surface area contributed by atoms with E-state index in [0.717, 1.165) is 6.07 Å². The molecule has 2 aromatic rings. The lowest BCUT2D eigenvalue weighted by Gasteiger charge is -2.03. The van der Waals surface area contributed by atoms with Gasteiger partial charge in [-0.05, 0) is 35.0 Å². The van der Waals surface area contributed by atoms with Crippen LogP contribution in [-0.4, -0.2) is 19.5 Å². The predicted molar refractivity (Wildman–Crippen MR) is 62.4 cm³/mol. The van der Waals surface area contributed by atoms with E-state index in [-0.39, 0.29) is 10.5 Å². The first-order chi connectivity index (χ1) is 8.29. The molecule has 0 aliphatic heterocycles. The molecule has 0 aliphatic carbocycles. The van der Waals surface area contributed by atoms with Crippen molar-refractivity contribution in [3.05, 3.63) is 35.9 Å². The van der Waals surface area contributed by atoms with Gasteiger partial charge < -0.3 is 5.11 Å². The molecule has 0 unspecified atom stereocenters. The highest BCUT2D eigenvalue weighted by Crippen LogP contribution is 2.27. The summed E-state index contributed by atoms with van der Waals surface area (Å²) >= 11 is 0. The van der Waals surface area contributed by atoms with Crippen molar-refractivity contribution in [1.82, 2.24) is 0 Å². The molecule has 0 saturated heterocycles. The molecule has 0 amide bonds. The smallest absolute Gasteiger partial charge is 0.339 e. The number of carbonyl (C=O) groups is 1. The molecule has 0 aromatic heterocycles. The van der Waals surface area contributed by atoms with Crippen molar-refractivity contribution < 1.29 is 23.4 Å². The number of rotatable bonds is 2. The fraction of sp³-hybridized carbons (Fsp3) is 0. The van der Waals surface area contributed by atoms with Gasteiger partial charge in [0.05, 0.1) is 4.90 Å². The highest BCUT2D eigenvalue weighted by molar-refractivity contribution is 7.89. The standard InChI is InChI=1S/C11H8NO5S/c12-18(16,17)8-2-1-6-4-9(11(14)15)10(13)5-7(6)3-8/h1-5H,(H,14,15)(H2,12,16,17). The zero-order chi connectivity index (χ0) is 13.5. The number of aromatic carboxylic acids is 1. The fourth-order valence-electron chi connectivity index (χ4n) is 1.60. The summed E-state index contributed by atoms with van der Waals surface area (Å²) in [5.41, 5.74) is -0.356. The average molecular weight is 266 g/mol. The van der Waals surface area contributed by atoms with Gasteiger partial charge in [-0.2, -0.15) is 0 Å². The van der Waals surface area contributed by atoms with Gasteiger partial charge in [0.25, 0.3) is 0 Å². The van der Waals surface area contributed by atoms with Crippen molar-refractivity contribution in [1.29, 1.82) is 0 Å². The normalized spacial score (nSPS) is 11.6. The topological polar surface area (TPSA) is 117 Å². The van der Waals surface area contributed by atoms with E-state index in [9.17, 15) is 18.3 Å². The van der Waals surface area contributed by atoms with E-state index in [1.165, 1.54) is 24.3 Å². The van der Waals surface area contributed by atoms with Crippen LogP contribution in [0, 0.1) is 0 Å².